The second kappa shape index (κ2) is 17.6. The molecule has 0 saturated carbocycles. The van der Waals surface area contributed by atoms with Crippen molar-refractivity contribution in [2.45, 2.75) is 65.3 Å². The summed E-state index contributed by atoms with van der Waals surface area (Å²) in [6.07, 6.45) is 9.70. The fourth-order valence-electron chi connectivity index (χ4n) is 3.48. The third-order valence-corrected chi connectivity index (χ3v) is 8.18. The van der Waals surface area contributed by atoms with E-state index in [1.807, 2.05) is 39.0 Å². The van der Waals surface area contributed by atoms with Gasteiger partial charge in [-0.15, -0.1) is 0 Å². The molecule has 0 aliphatic carbocycles. The molecule has 1 aromatic rings. The van der Waals surface area contributed by atoms with Crippen molar-refractivity contribution in [1.82, 2.24) is 0 Å². The SMILES string of the molecule is CCO[Si](CCCCCCCCOc1cc(/C=C/C(=O)OC)ccc1OC)(OCC)OCC. The maximum atomic E-state index is 11.3. The molecule has 0 radical (unpaired) electrons. The van der Waals surface area contributed by atoms with E-state index in [9.17, 15) is 4.79 Å². The van der Waals surface area contributed by atoms with Gasteiger partial charge in [-0.25, -0.2) is 4.79 Å². The Labute approximate surface area is 200 Å². The highest BCUT2D eigenvalue weighted by Crippen LogP contribution is 2.29. The zero-order chi connectivity index (χ0) is 24.4. The van der Waals surface area contributed by atoms with Crippen LogP contribution in [0.25, 0.3) is 6.08 Å². The molecule has 0 aromatic heterocycles. The van der Waals surface area contributed by atoms with Gasteiger partial charge in [-0.2, -0.15) is 0 Å². The largest absolute Gasteiger partial charge is 0.500 e. The lowest BCUT2D eigenvalue weighted by atomic mass is 10.1. The highest BCUT2D eigenvalue weighted by Gasteiger charge is 2.39. The first-order valence-corrected chi connectivity index (χ1v) is 14.0. The third-order valence-electron chi connectivity index (χ3n) is 5.03. The van der Waals surface area contributed by atoms with Gasteiger partial charge in [0.15, 0.2) is 11.5 Å². The average Bonchev–Trinajstić information content (AvgIpc) is 2.82. The second-order valence-corrected chi connectivity index (χ2v) is 10.2. The molecule has 0 atom stereocenters. The lowest BCUT2D eigenvalue weighted by Gasteiger charge is -2.28. The van der Waals surface area contributed by atoms with Gasteiger partial charge >= 0.3 is 14.8 Å². The van der Waals surface area contributed by atoms with Crippen LogP contribution in [-0.4, -0.2) is 55.4 Å². The molecule has 0 unspecified atom stereocenters. The lowest BCUT2D eigenvalue weighted by Crippen LogP contribution is -2.45. The quantitative estimate of drug-likeness (QED) is 0.109. The lowest BCUT2D eigenvalue weighted by molar-refractivity contribution is -0.134. The van der Waals surface area contributed by atoms with Crippen molar-refractivity contribution < 1.29 is 32.3 Å². The number of methoxy groups -OCH3 is 2. The Morgan fingerprint density at radius 1 is 0.848 bits per heavy atom. The Hall–Kier alpha value is -1.87. The molecule has 0 amide bonds. The van der Waals surface area contributed by atoms with E-state index in [-0.39, 0.29) is 0 Å². The van der Waals surface area contributed by atoms with Crippen LogP contribution in [0, 0.1) is 0 Å². The van der Waals surface area contributed by atoms with Crippen molar-refractivity contribution in [3.8, 4) is 11.5 Å². The van der Waals surface area contributed by atoms with Crippen LogP contribution in [0.5, 0.6) is 11.5 Å². The summed E-state index contributed by atoms with van der Waals surface area (Å²) < 4.78 is 33.7. The highest BCUT2D eigenvalue weighted by molar-refractivity contribution is 6.60. The zero-order valence-corrected chi connectivity index (χ0v) is 22.0. The second-order valence-electron chi connectivity index (χ2n) is 7.47. The first kappa shape index (κ1) is 29.2. The van der Waals surface area contributed by atoms with E-state index in [1.165, 1.54) is 19.6 Å². The van der Waals surface area contributed by atoms with Crippen LogP contribution in [0.4, 0.5) is 0 Å². The summed E-state index contributed by atoms with van der Waals surface area (Å²) >= 11 is 0. The van der Waals surface area contributed by atoms with Gasteiger partial charge in [0.05, 0.1) is 20.8 Å². The number of esters is 1. The van der Waals surface area contributed by atoms with Crippen molar-refractivity contribution in [1.29, 1.82) is 0 Å². The molecule has 0 N–H and O–H groups in total. The Morgan fingerprint density at radius 2 is 1.45 bits per heavy atom. The standard InChI is InChI=1S/C25H42O7Si/c1-6-30-33(31-7-2,32-8-3)20-14-12-10-9-11-13-19-29-24-21-22(15-17-23(24)27-4)16-18-25(26)28-5/h15-18,21H,6-14,19-20H2,1-5H3/b18-16+. The van der Waals surface area contributed by atoms with Crippen LogP contribution in [0.3, 0.4) is 0 Å². The van der Waals surface area contributed by atoms with Crippen molar-refractivity contribution >= 4 is 20.8 Å². The topological polar surface area (TPSA) is 72.5 Å². The molecule has 33 heavy (non-hydrogen) atoms. The highest BCUT2D eigenvalue weighted by atomic mass is 28.4. The number of benzene rings is 1. The molecule has 0 aliphatic rings. The van der Waals surface area contributed by atoms with Gasteiger partial charge in [0, 0.05) is 31.9 Å². The molecule has 1 aromatic carbocycles. The molecule has 7 nitrogen and oxygen atoms in total. The van der Waals surface area contributed by atoms with Crippen LogP contribution in [-0.2, 0) is 22.8 Å². The number of hydrogen-bond acceptors (Lipinski definition) is 7. The molecule has 0 spiro atoms. The first-order chi connectivity index (χ1) is 16.0. The smallest absolute Gasteiger partial charge is 0.493 e. The van der Waals surface area contributed by atoms with Gasteiger partial charge in [-0.05, 0) is 57.4 Å². The van der Waals surface area contributed by atoms with E-state index in [0.29, 0.717) is 37.9 Å². The summed E-state index contributed by atoms with van der Waals surface area (Å²) in [6.45, 7) is 8.48. The molecule has 0 heterocycles. The Bertz CT molecular complexity index is 676. The number of hydrogen-bond donors (Lipinski definition) is 0. The van der Waals surface area contributed by atoms with Gasteiger partial charge in [0.25, 0.3) is 0 Å². The number of rotatable bonds is 19. The Morgan fingerprint density at radius 3 is 2.03 bits per heavy atom. The van der Waals surface area contributed by atoms with Gasteiger partial charge in [-0.3, -0.25) is 0 Å². The van der Waals surface area contributed by atoms with Crippen molar-refractivity contribution in [3.05, 3.63) is 29.8 Å². The predicted octanol–water partition coefficient (Wildman–Crippen LogP) is 5.65. The van der Waals surface area contributed by atoms with E-state index in [4.69, 9.17) is 22.8 Å². The Balaban J connectivity index is 2.33. The summed E-state index contributed by atoms with van der Waals surface area (Å²) in [7, 11) is 0.466. The monoisotopic (exact) mass is 482 g/mol. The average molecular weight is 483 g/mol. The van der Waals surface area contributed by atoms with Crippen LogP contribution in [0.15, 0.2) is 24.3 Å². The summed E-state index contributed by atoms with van der Waals surface area (Å²) in [5.41, 5.74) is 0.849. The van der Waals surface area contributed by atoms with Crippen LogP contribution < -0.4 is 9.47 Å². The van der Waals surface area contributed by atoms with Gasteiger partial charge in [-0.1, -0.05) is 31.7 Å². The van der Waals surface area contributed by atoms with Gasteiger partial charge < -0.3 is 27.5 Å². The van der Waals surface area contributed by atoms with E-state index < -0.39 is 14.8 Å². The first-order valence-electron chi connectivity index (χ1n) is 12.0. The Kier molecular flexibility index (Phi) is 15.5. The van der Waals surface area contributed by atoms with Crippen molar-refractivity contribution in [3.63, 3.8) is 0 Å². The number of unbranched alkanes of at least 4 members (excludes halogenated alkanes) is 5. The summed E-state index contributed by atoms with van der Waals surface area (Å²) in [4.78, 5) is 11.3. The van der Waals surface area contributed by atoms with Crippen molar-refractivity contribution in [2.24, 2.45) is 0 Å². The summed E-state index contributed by atoms with van der Waals surface area (Å²) in [6, 6.07) is 6.45. The fourth-order valence-corrected chi connectivity index (χ4v) is 6.16. The molecule has 0 saturated heterocycles. The zero-order valence-electron chi connectivity index (χ0n) is 21.0. The summed E-state index contributed by atoms with van der Waals surface area (Å²) in [5, 5.41) is 0. The molecule has 188 valence electrons. The molecule has 0 bridgehead atoms. The van der Waals surface area contributed by atoms with Crippen LogP contribution in [0.2, 0.25) is 6.04 Å². The molecule has 0 fully saturated rings. The molecule has 1 rings (SSSR count). The number of ether oxygens (including phenoxy) is 3. The number of carbonyl (C=O) groups excluding carboxylic acids is 1. The minimum absolute atomic E-state index is 0.394. The fraction of sp³-hybridized carbons (Fsp3) is 0.640. The van der Waals surface area contributed by atoms with E-state index in [1.54, 1.807) is 13.2 Å². The third kappa shape index (κ3) is 11.7. The minimum atomic E-state index is -2.50. The van der Waals surface area contributed by atoms with Gasteiger partial charge in [0.2, 0.25) is 0 Å². The molecule has 0 aliphatic heterocycles. The van der Waals surface area contributed by atoms with E-state index in [2.05, 4.69) is 4.74 Å². The number of carbonyl (C=O) groups is 1. The van der Waals surface area contributed by atoms with Crippen LogP contribution >= 0.6 is 0 Å². The minimum Gasteiger partial charge on any atom is -0.493 e. The van der Waals surface area contributed by atoms with Gasteiger partial charge in [0.1, 0.15) is 0 Å². The van der Waals surface area contributed by atoms with E-state index >= 15 is 0 Å². The predicted molar refractivity (Wildman–Crippen MR) is 133 cm³/mol. The molecular weight excluding hydrogens is 440 g/mol. The molecule has 8 heteroatoms. The summed E-state index contributed by atoms with van der Waals surface area (Å²) in [5.74, 6) is 0.958. The van der Waals surface area contributed by atoms with Crippen molar-refractivity contribution in [2.75, 3.05) is 40.6 Å². The normalized spacial score (nSPS) is 11.7. The molecular formula is C25H42O7Si. The van der Waals surface area contributed by atoms with Crippen LogP contribution in [0.1, 0.15) is 64.9 Å². The maximum Gasteiger partial charge on any atom is 0.500 e. The van der Waals surface area contributed by atoms with E-state index in [0.717, 1.165) is 43.7 Å². The maximum absolute atomic E-state index is 11.3.